The molecule has 5 N–H and O–H groups in total. The molecule has 2 aromatic heterocycles. The minimum atomic E-state index is -1.31. The summed E-state index contributed by atoms with van der Waals surface area (Å²) >= 11 is 0. The number of aromatic nitrogens is 3. The predicted octanol–water partition coefficient (Wildman–Crippen LogP) is 4.70. The first-order valence-corrected chi connectivity index (χ1v) is 12.0. The molecule has 0 spiro atoms. The van der Waals surface area contributed by atoms with E-state index in [1.165, 1.54) is 31.2 Å². The number of imidazole rings is 1. The second-order valence-electron chi connectivity index (χ2n) is 8.53. The Balaban J connectivity index is 1.78. The van der Waals surface area contributed by atoms with Gasteiger partial charge in [0.05, 0.1) is 6.61 Å². The number of rotatable bonds is 10. The maximum Gasteiger partial charge on any atom is 0.328 e. The Morgan fingerprint density at radius 1 is 1.18 bits per heavy atom. The van der Waals surface area contributed by atoms with E-state index in [1.807, 2.05) is 0 Å². The molecule has 2 heterocycles. The molecular formula is C27H26F2N6O5. The van der Waals surface area contributed by atoms with Crippen molar-refractivity contribution < 1.29 is 32.9 Å². The van der Waals surface area contributed by atoms with Gasteiger partial charge in [0.15, 0.2) is 11.5 Å². The van der Waals surface area contributed by atoms with Crippen LogP contribution in [0.2, 0.25) is 0 Å². The lowest BCUT2D eigenvalue weighted by Gasteiger charge is -2.18. The number of phenols is 1. The van der Waals surface area contributed by atoms with Crippen molar-refractivity contribution in [3.05, 3.63) is 72.1 Å². The number of nitrogen functional groups attached to an aromatic ring is 1. The van der Waals surface area contributed by atoms with Crippen LogP contribution in [0.1, 0.15) is 19.4 Å². The zero-order valence-electron chi connectivity index (χ0n) is 21.7. The molecule has 0 radical (unpaired) electrons. The van der Waals surface area contributed by atoms with Crippen LogP contribution < -0.4 is 20.5 Å². The molecule has 4 rings (SSSR count). The van der Waals surface area contributed by atoms with Crippen molar-refractivity contribution in [1.29, 1.82) is 5.41 Å². The standard InChI is InChI=1S/C27H26F2N6O5/c1-4-38-27(37)14(2)33-22-20(28)25(39-17-7-5-6-16(12-17)24-32-10-11-35(24)3)34-26(21(22)29)40-19-13-15(23(30)31)8-9-18(19)36/h5-14,36H,4H2,1-3H3,(H3,30,31)(H,33,34). The van der Waals surface area contributed by atoms with E-state index in [1.54, 1.807) is 49.1 Å². The third kappa shape index (κ3) is 5.93. The number of halogens is 2. The number of pyridine rings is 1. The van der Waals surface area contributed by atoms with Crippen molar-refractivity contribution in [2.24, 2.45) is 12.8 Å². The van der Waals surface area contributed by atoms with E-state index in [0.717, 1.165) is 0 Å². The molecule has 0 aliphatic heterocycles. The lowest BCUT2D eigenvalue weighted by molar-refractivity contribution is -0.143. The maximum absolute atomic E-state index is 15.6. The number of hydrogen-bond donors (Lipinski definition) is 4. The van der Waals surface area contributed by atoms with E-state index < -0.39 is 46.8 Å². The highest BCUT2D eigenvalue weighted by Crippen LogP contribution is 2.39. The molecule has 11 nitrogen and oxygen atoms in total. The number of nitrogens with one attached hydrogen (secondary N) is 2. The van der Waals surface area contributed by atoms with Crippen LogP contribution in [0.15, 0.2) is 54.9 Å². The van der Waals surface area contributed by atoms with Crippen molar-refractivity contribution in [3.8, 4) is 40.4 Å². The summed E-state index contributed by atoms with van der Waals surface area (Å²) in [4.78, 5) is 20.3. The molecule has 0 fully saturated rings. The first kappa shape index (κ1) is 27.8. The zero-order valence-corrected chi connectivity index (χ0v) is 21.7. The number of aromatic hydroxyl groups is 1. The molecule has 4 aromatic rings. The minimum Gasteiger partial charge on any atom is -0.504 e. The average Bonchev–Trinajstić information content (AvgIpc) is 3.36. The summed E-state index contributed by atoms with van der Waals surface area (Å²) in [6, 6.07) is 9.13. The van der Waals surface area contributed by atoms with E-state index >= 15 is 8.78 Å². The third-order valence-corrected chi connectivity index (χ3v) is 5.62. The third-order valence-electron chi connectivity index (χ3n) is 5.62. The van der Waals surface area contributed by atoms with E-state index in [4.69, 9.17) is 25.4 Å². The normalized spacial score (nSPS) is 11.5. The Kier molecular flexibility index (Phi) is 8.12. The zero-order chi connectivity index (χ0) is 29.0. The number of anilines is 1. The highest BCUT2D eigenvalue weighted by atomic mass is 19.1. The monoisotopic (exact) mass is 552 g/mol. The molecule has 0 aliphatic carbocycles. The summed E-state index contributed by atoms with van der Waals surface area (Å²) in [6.45, 7) is 3.01. The van der Waals surface area contributed by atoms with Crippen LogP contribution >= 0.6 is 0 Å². The van der Waals surface area contributed by atoms with Crippen LogP contribution in [-0.4, -0.2) is 44.1 Å². The molecule has 208 valence electrons. The van der Waals surface area contributed by atoms with Crippen LogP contribution in [0.3, 0.4) is 0 Å². The van der Waals surface area contributed by atoms with E-state index in [0.29, 0.717) is 11.4 Å². The highest BCUT2D eigenvalue weighted by Gasteiger charge is 2.27. The lowest BCUT2D eigenvalue weighted by Crippen LogP contribution is -2.29. The van der Waals surface area contributed by atoms with Gasteiger partial charge in [0.1, 0.15) is 29.1 Å². The first-order chi connectivity index (χ1) is 19.1. The maximum atomic E-state index is 15.6. The molecule has 2 aromatic carbocycles. The van der Waals surface area contributed by atoms with Crippen LogP contribution in [0, 0.1) is 17.0 Å². The number of aryl methyl sites for hydroxylation is 1. The minimum absolute atomic E-state index is 0.0625. The molecule has 0 aliphatic rings. The van der Waals surface area contributed by atoms with Gasteiger partial charge in [-0.2, -0.15) is 13.8 Å². The van der Waals surface area contributed by atoms with Gasteiger partial charge < -0.3 is 34.9 Å². The molecule has 13 heteroatoms. The SMILES string of the molecule is CCOC(=O)C(C)Nc1c(F)c(Oc2cccc(-c3nccn3C)c2)nc(Oc2cc(C(=N)N)ccc2O)c1F. The van der Waals surface area contributed by atoms with Crippen molar-refractivity contribution >= 4 is 17.5 Å². The Morgan fingerprint density at radius 2 is 1.90 bits per heavy atom. The van der Waals surface area contributed by atoms with Crippen LogP contribution in [-0.2, 0) is 16.6 Å². The average molecular weight is 553 g/mol. The van der Waals surface area contributed by atoms with Crippen molar-refractivity contribution in [1.82, 2.24) is 14.5 Å². The molecule has 0 saturated heterocycles. The van der Waals surface area contributed by atoms with Gasteiger partial charge in [-0.25, -0.2) is 9.78 Å². The number of esters is 1. The molecule has 0 saturated carbocycles. The summed E-state index contributed by atoms with van der Waals surface area (Å²) in [5.74, 6) is -5.07. The molecule has 0 bridgehead atoms. The van der Waals surface area contributed by atoms with Crippen molar-refractivity contribution in [2.45, 2.75) is 19.9 Å². The quantitative estimate of drug-likeness (QED) is 0.124. The lowest BCUT2D eigenvalue weighted by atomic mass is 10.2. The second kappa shape index (κ2) is 11.7. The molecular weight excluding hydrogens is 526 g/mol. The first-order valence-electron chi connectivity index (χ1n) is 12.0. The highest BCUT2D eigenvalue weighted by molar-refractivity contribution is 5.95. The fourth-order valence-corrected chi connectivity index (χ4v) is 3.63. The van der Waals surface area contributed by atoms with E-state index in [9.17, 15) is 9.90 Å². The number of hydrogen-bond acceptors (Lipinski definition) is 9. The van der Waals surface area contributed by atoms with Crippen LogP contribution in [0.4, 0.5) is 14.5 Å². The smallest absolute Gasteiger partial charge is 0.328 e. The fourth-order valence-electron chi connectivity index (χ4n) is 3.63. The van der Waals surface area contributed by atoms with Crippen LogP contribution in [0.25, 0.3) is 11.4 Å². The van der Waals surface area contributed by atoms with Gasteiger partial charge in [0, 0.05) is 30.6 Å². The second-order valence-corrected chi connectivity index (χ2v) is 8.53. The Morgan fingerprint density at radius 3 is 2.55 bits per heavy atom. The van der Waals surface area contributed by atoms with E-state index in [-0.39, 0.29) is 29.5 Å². The largest absolute Gasteiger partial charge is 0.504 e. The van der Waals surface area contributed by atoms with Gasteiger partial charge >= 0.3 is 5.97 Å². The Labute approximate surface area is 227 Å². The van der Waals surface area contributed by atoms with Gasteiger partial charge in [-0.3, -0.25) is 5.41 Å². The summed E-state index contributed by atoms with van der Waals surface area (Å²) in [5, 5.41) is 20.3. The topological polar surface area (TPSA) is 158 Å². The summed E-state index contributed by atoms with van der Waals surface area (Å²) in [7, 11) is 1.81. The van der Waals surface area contributed by atoms with Gasteiger partial charge in [0.25, 0.3) is 11.8 Å². The fraction of sp³-hybridized carbons (Fsp3) is 0.185. The van der Waals surface area contributed by atoms with Crippen molar-refractivity contribution in [3.63, 3.8) is 0 Å². The summed E-state index contributed by atoms with van der Waals surface area (Å²) in [6.07, 6.45) is 3.37. The van der Waals surface area contributed by atoms with E-state index in [2.05, 4.69) is 15.3 Å². The van der Waals surface area contributed by atoms with Crippen LogP contribution in [0.5, 0.6) is 29.0 Å². The van der Waals surface area contributed by atoms with Gasteiger partial charge in [-0.15, -0.1) is 0 Å². The molecule has 1 unspecified atom stereocenters. The number of ether oxygens (including phenoxy) is 3. The number of carbonyl (C=O) groups excluding carboxylic acids is 1. The Bertz CT molecular complexity index is 1580. The number of carbonyl (C=O) groups is 1. The molecule has 1 atom stereocenters. The van der Waals surface area contributed by atoms with Crippen molar-refractivity contribution in [2.75, 3.05) is 11.9 Å². The van der Waals surface area contributed by atoms with Gasteiger partial charge in [0.2, 0.25) is 11.6 Å². The number of amidine groups is 1. The number of benzene rings is 2. The Hall–Kier alpha value is -5.20. The number of phenolic OH excluding ortho intramolecular Hbond substituents is 1. The summed E-state index contributed by atoms with van der Waals surface area (Å²) < 4.78 is 49.1. The van der Waals surface area contributed by atoms with Gasteiger partial charge in [-0.05, 0) is 44.2 Å². The number of nitrogens with two attached hydrogens (primary N) is 1. The number of nitrogens with zero attached hydrogens (tertiary/aromatic N) is 3. The van der Waals surface area contributed by atoms with Gasteiger partial charge in [-0.1, -0.05) is 12.1 Å². The molecule has 40 heavy (non-hydrogen) atoms. The predicted molar refractivity (Wildman–Crippen MR) is 142 cm³/mol. The molecule has 0 amide bonds. The summed E-state index contributed by atoms with van der Waals surface area (Å²) in [5.41, 5.74) is 5.56.